The Morgan fingerprint density at radius 3 is 2.85 bits per heavy atom. The Morgan fingerprint density at radius 2 is 2.20 bits per heavy atom. The van der Waals surface area contributed by atoms with Crippen LogP contribution in [0.1, 0.15) is 17.5 Å². The minimum Gasteiger partial charge on any atom is -0.451 e. The van der Waals surface area contributed by atoms with Gasteiger partial charge in [0.15, 0.2) is 5.76 Å². The summed E-state index contributed by atoms with van der Waals surface area (Å²) in [4.78, 5) is 13.7. The van der Waals surface area contributed by atoms with Crippen LogP contribution in [0.25, 0.3) is 11.0 Å². The molecule has 0 bridgehead atoms. The van der Waals surface area contributed by atoms with Crippen LogP contribution >= 0.6 is 0 Å². The number of rotatable bonds is 4. The van der Waals surface area contributed by atoms with E-state index in [2.05, 4.69) is 5.16 Å². The summed E-state index contributed by atoms with van der Waals surface area (Å²) in [6, 6.07) is 9.14. The molecular formula is C14H17N3O3. The molecule has 2 rings (SSSR count). The molecule has 1 aromatic heterocycles. The molecule has 3 N–H and O–H groups in total. The van der Waals surface area contributed by atoms with Crippen LogP contribution in [0.2, 0.25) is 0 Å². The summed E-state index contributed by atoms with van der Waals surface area (Å²) in [5, 5.41) is 12.4. The SMILES string of the molecule is CC(CN(C)C(=O)c1cc2ccccc2o1)C(N)=NO. The van der Waals surface area contributed by atoms with Gasteiger partial charge in [-0.05, 0) is 12.1 Å². The summed E-state index contributed by atoms with van der Waals surface area (Å²) in [6.07, 6.45) is 0. The van der Waals surface area contributed by atoms with Crippen molar-refractivity contribution in [2.45, 2.75) is 6.92 Å². The standard InChI is InChI=1S/C14H17N3O3/c1-9(13(15)16-19)8-17(2)14(18)12-7-10-5-3-4-6-11(10)20-12/h3-7,9,19H,8H2,1-2H3,(H2,15,16). The first-order valence-electron chi connectivity index (χ1n) is 6.24. The zero-order valence-corrected chi connectivity index (χ0v) is 11.4. The van der Waals surface area contributed by atoms with Gasteiger partial charge in [0.05, 0.1) is 0 Å². The number of fused-ring (bicyclic) bond motifs is 1. The number of hydrogen-bond donors (Lipinski definition) is 2. The zero-order chi connectivity index (χ0) is 14.7. The molecule has 1 heterocycles. The van der Waals surface area contributed by atoms with Gasteiger partial charge in [-0.3, -0.25) is 4.79 Å². The third kappa shape index (κ3) is 2.74. The Hall–Kier alpha value is -2.50. The first-order valence-corrected chi connectivity index (χ1v) is 6.24. The normalized spacial score (nSPS) is 13.4. The van der Waals surface area contributed by atoms with Crippen molar-refractivity contribution in [1.82, 2.24) is 4.90 Å². The second-order valence-electron chi connectivity index (χ2n) is 4.76. The highest BCUT2D eigenvalue weighted by Gasteiger charge is 2.19. The first kappa shape index (κ1) is 13.9. The molecule has 0 radical (unpaired) electrons. The van der Waals surface area contributed by atoms with Gasteiger partial charge >= 0.3 is 0 Å². The van der Waals surface area contributed by atoms with Crippen molar-refractivity contribution in [3.63, 3.8) is 0 Å². The van der Waals surface area contributed by atoms with Crippen molar-refractivity contribution < 1.29 is 14.4 Å². The van der Waals surface area contributed by atoms with E-state index >= 15 is 0 Å². The number of amides is 1. The van der Waals surface area contributed by atoms with Crippen LogP contribution < -0.4 is 5.73 Å². The number of hydrogen-bond acceptors (Lipinski definition) is 4. The Morgan fingerprint density at radius 1 is 1.50 bits per heavy atom. The van der Waals surface area contributed by atoms with Crippen LogP contribution in [-0.4, -0.2) is 35.4 Å². The van der Waals surface area contributed by atoms with Crippen LogP contribution in [0.3, 0.4) is 0 Å². The molecule has 0 aliphatic heterocycles. The molecule has 1 aromatic carbocycles. The minimum absolute atomic E-state index is 0.0919. The lowest BCUT2D eigenvalue weighted by atomic mass is 10.1. The van der Waals surface area contributed by atoms with Crippen molar-refractivity contribution in [2.24, 2.45) is 16.8 Å². The highest BCUT2D eigenvalue weighted by atomic mass is 16.4. The molecule has 1 atom stereocenters. The predicted octanol–water partition coefficient (Wildman–Crippen LogP) is 1.89. The molecular weight excluding hydrogens is 258 g/mol. The molecule has 106 valence electrons. The quantitative estimate of drug-likeness (QED) is 0.386. The van der Waals surface area contributed by atoms with Gasteiger partial charge < -0.3 is 20.3 Å². The smallest absolute Gasteiger partial charge is 0.289 e. The lowest BCUT2D eigenvalue weighted by molar-refractivity contribution is 0.0757. The van der Waals surface area contributed by atoms with Gasteiger partial charge in [0, 0.05) is 24.9 Å². The summed E-state index contributed by atoms with van der Waals surface area (Å²) in [5.74, 6) is -0.105. The van der Waals surface area contributed by atoms with Gasteiger partial charge in [-0.15, -0.1) is 0 Å². The fraction of sp³-hybridized carbons (Fsp3) is 0.286. The van der Waals surface area contributed by atoms with Gasteiger partial charge in [-0.25, -0.2) is 0 Å². The number of nitrogens with zero attached hydrogens (tertiary/aromatic N) is 2. The van der Waals surface area contributed by atoms with E-state index in [9.17, 15) is 4.79 Å². The maximum absolute atomic E-state index is 12.2. The van der Waals surface area contributed by atoms with E-state index in [1.807, 2.05) is 24.3 Å². The maximum Gasteiger partial charge on any atom is 0.289 e. The lowest BCUT2D eigenvalue weighted by Gasteiger charge is -2.19. The molecule has 1 amide bonds. The van der Waals surface area contributed by atoms with Crippen LogP contribution in [0.4, 0.5) is 0 Å². The molecule has 0 fully saturated rings. The fourth-order valence-corrected chi connectivity index (χ4v) is 1.96. The molecule has 0 spiro atoms. The lowest BCUT2D eigenvalue weighted by Crippen LogP contribution is -2.36. The van der Waals surface area contributed by atoms with Crippen LogP contribution in [0, 0.1) is 5.92 Å². The number of carbonyl (C=O) groups is 1. The van der Waals surface area contributed by atoms with Gasteiger partial charge in [-0.2, -0.15) is 0 Å². The third-order valence-corrected chi connectivity index (χ3v) is 3.15. The third-order valence-electron chi connectivity index (χ3n) is 3.15. The number of oxime groups is 1. The van der Waals surface area contributed by atoms with E-state index in [1.54, 1.807) is 20.0 Å². The van der Waals surface area contributed by atoms with Crippen LogP contribution in [0.15, 0.2) is 39.9 Å². The van der Waals surface area contributed by atoms with Crippen LogP contribution in [0.5, 0.6) is 0 Å². The summed E-state index contributed by atoms with van der Waals surface area (Å²) >= 11 is 0. The second-order valence-corrected chi connectivity index (χ2v) is 4.76. The zero-order valence-electron chi connectivity index (χ0n) is 11.4. The average Bonchev–Trinajstić information content (AvgIpc) is 2.89. The number of carbonyl (C=O) groups excluding carboxylic acids is 1. The van der Waals surface area contributed by atoms with Crippen molar-refractivity contribution in [3.05, 3.63) is 36.1 Å². The molecule has 0 aliphatic rings. The largest absolute Gasteiger partial charge is 0.451 e. The van der Waals surface area contributed by atoms with E-state index in [0.717, 1.165) is 5.39 Å². The summed E-state index contributed by atoms with van der Waals surface area (Å²) < 4.78 is 5.52. The van der Waals surface area contributed by atoms with Crippen LogP contribution in [-0.2, 0) is 0 Å². The van der Waals surface area contributed by atoms with E-state index < -0.39 is 0 Å². The van der Waals surface area contributed by atoms with Gasteiger partial charge in [0.1, 0.15) is 11.4 Å². The molecule has 0 aliphatic carbocycles. The van der Waals surface area contributed by atoms with Crippen molar-refractivity contribution >= 4 is 22.7 Å². The van der Waals surface area contributed by atoms with Crippen molar-refractivity contribution in [2.75, 3.05) is 13.6 Å². The highest BCUT2D eigenvalue weighted by molar-refractivity contribution is 5.96. The summed E-state index contributed by atoms with van der Waals surface area (Å²) in [5.41, 5.74) is 6.18. The van der Waals surface area contributed by atoms with E-state index in [-0.39, 0.29) is 23.4 Å². The molecule has 20 heavy (non-hydrogen) atoms. The topological polar surface area (TPSA) is 92.1 Å². The Bertz CT molecular complexity index is 615. The second kappa shape index (κ2) is 5.64. The molecule has 2 aromatic rings. The molecule has 6 nitrogen and oxygen atoms in total. The van der Waals surface area contributed by atoms with Gasteiger partial charge in [0.25, 0.3) is 5.91 Å². The molecule has 6 heteroatoms. The number of para-hydroxylation sites is 1. The summed E-state index contributed by atoms with van der Waals surface area (Å²) in [7, 11) is 1.65. The van der Waals surface area contributed by atoms with E-state index in [4.69, 9.17) is 15.4 Å². The highest BCUT2D eigenvalue weighted by Crippen LogP contribution is 2.20. The minimum atomic E-state index is -0.238. The number of nitrogens with two attached hydrogens (primary N) is 1. The monoisotopic (exact) mass is 275 g/mol. The van der Waals surface area contributed by atoms with Crippen molar-refractivity contribution in [1.29, 1.82) is 0 Å². The first-order chi connectivity index (χ1) is 9.52. The summed E-state index contributed by atoms with van der Waals surface area (Å²) in [6.45, 7) is 2.11. The maximum atomic E-state index is 12.2. The van der Waals surface area contributed by atoms with Gasteiger partial charge in [0.2, 0.25) is 0 Å². The molecule has 0 saturated carbocycles. The van der Waals surface area contributed by atoms with E-state index in [0.29, 0.717) is 12.1 Å². The Balaban J connectivity index is 2.14. The fourth-order valence-electron chi connectivity index (χ4n) is 1.96. The average molecular weight is 275 g/mol. The number of amidine groups is 1. The predicted molar refractivity (Wildman–Crippen MR) is 75.7 cm³/mol. The van der Waals surface area contributed by atoms with E-state index in [1.165, 1.54) is 4.90 Å². The Kier molecular flexibility index (Phi) is 3.93. The molecule has 0 saturated heterocycles. The van der Waals surface area contributed by atoms with Gasteiger partial charge in [-0.1, -0.05) is 30.3 Å². The van der Waals surface area contributed by atoms with Crippen molar-refractivity contribution in [3.8, 4) is 0 Å². The Labute approximate surface area is 116 Å². The molecule has 1 unspecified atom stereocenters. The number of furan rings is 1. The number of benzene rings is 1.